The van der Waals surface area contributed by atoms with Crippen LogP contribution in [0.2, 0.25) is 0 Å². The molecular formula is C23H15F2NO2. The van der Waals surface area contributed by atoms with Crippen LogP contribution >= 0.6 is 0 Å². The third-order valence-electron chi connectivity index (χ3n) is 4.13. The zero-order chi connectivity index (χ0) is 20.1. The first-order valence-electron chi connectivity index (χ1n) is 8.43. The first-order chi connectivity index (χ1) is 13.5. The summed E-state index contributed by atoms with van der Waals surface area (Å²) in [4.78, 5) is 12.2. The number of hydrogen-bond donors (Lipinski definition) is 0. The molecule has 3 aromatic rings. The molecule has 0 saturated heterocycles. The van der Waals surface area contributed by atoms with Crippen molar-refractivity contribution in [3.8, 4) is 22.9 Å². The highest BCUT2D eigenvalue weighted by Gasteiger charge is 2.15. The molecule has 0 amide bonds. The number of allylic oxidation sites excluding steroid dienone is 1. The minimum atomic E-state index is -1.08. The van der Waals surface area contributed by atoms with Gasteiger partial charge in [-0.15, -0.1) is 6.58 Å². The number of nitriles is 1. The van der Waals surface area contributed by atoms with E-state index in [2.05, 4.69) is 6.58 Å². The quantitative estimate of drug-likeness (QED) is 0.338. The van der Waals surface area contributed by atoms with E-state index in [1.165, 1.54) is 6.07 Å². The van der Waals surface area contributed by atoms with E-state index in [1.54, 1.807) is 24.3 Å². The van der Waals surface area contributed by atoms with Crippen molar-refractivity contribution >= 4 is 5.97 Å². The molecule has 0 aliphatic carbocycles. The van der Waals surface area contributed by atoms with Crippen molar-refractivity contribution < 1.29 is 18.3 Å². The lowest BCUT2D eigenvalue weighted by atomic mass is 10.0. The van der Waals surface area contributed by atoms with Crippen LogP contribution in [0.3, 0.4) is 0 Å². The standard InChI is InChI=1S/C23H15F2NO2/c1-2-3-15-4-6-16(7-5-15)17-8-10-18(11-9-17)23(27)28-19-12-21(24)20(14-26)22(25)13-19/h2,4-13H,1,3H2. The molecule has 0 unspecified atom stereocenters. The summed E-state index contributed by atoms with van der Waals surface area (Å²) in [7, 11) is 0. The molecule has 0 aliphatic heterocycles. The Bertz CT molecular complexity index is 1040. The fourth-order valence-electron chi connectivity index (χ4n) is 2.68. The summed E-state index contributed by atoms with van der Waals surface area (Å²) >= 11 is 0. The van der Waals surface area contributed by atoms with Gasteiger partial charge in [0.05, 0.1) is 5.56 Å². The van der Waals surface area contributed by atoms with Crippen molar-refractivity contribution in [2.45, 2.75) is 6.42 Å². The van der Waals surface area contributed by atoms with E-state index < -0.39 is 23.2 Å². The third kappa shape index (κ3) is 4.13. The first-order valence-corrected chi connectivity index (χ1v) is 8.43. The molecule has 138 valence electrons. The van der Waals surface area contributed by atoms with Gasteiger partial charge in [0.2, 0.25) is 0 Å². The zero-order valence-corrected chi connectivity index (χ0v) is 14.8. The van der Waals surface area contributed by atoms with E-state index in [0.29, 0.717) is 0 Å². The number of nitrogens with zero attached hydrogens (tertiary/aromatic N) is 1. The van der Waals surface area contributed by atoms with Gasteiger partial charge >= 0.3 is 5.97 Å². The molecule has 3 aromatic carbocycles. The number of halogens is 2. The van der Waals surface area contributed by atoms with Crippen molar-refractivity contribution in [3.63, 3.8) is 0 Å². The van der Waals surface area contributed by atoms with Gasteiger partial charge in [-0.05, 0) is 35.2 Å². The van der Waals surface area contributed by atoms with Gasteiger partial charge < -0.3 is 4.74 Å². The van der Waals surface area contributed by atoms with Crippen LogP contribution in [0.5, 0.6) is 5.75 Å². The van der Waals surface area contributed by atoms with Gasteiger partial charge in [0, 0.05) is 12.1 Å². The van der Waals surface area contributed by atoms with Gasteiger partial charge in [-0.2, -0.15) is 5.26 Å². The lowest BCUT2D eigenvalue weighted by molar-refractivity contribution is 0.0734. The molecule has 0 aliphatic rings. The number of esters is 1. The average Bonchev–Trinajstić information content (AvgIpc) is 2.69. The molecule has 5 heteroatoms. The summed E-state index contributed by atoms with van der Waals surface area (Å²) < 4.78 is 32.3. The summed E-state index contributed by atoms with van der Waals surface area (Å²) in [5.74, 6) is -3.22. The molecule has 0 aromatic heterocycles. The van der Waals surface area contributed by atoms with Crippen molar-refractivity contribution in [1.29, 1.82) is 5.26 Å². The summed E-state index contributed by atoms with van der Waals surface area (Å²) in [5, 5.41) is 8.67. The van der Waals surface area contributed by atoms with E-state index in [-0.39, 0.29) is 11.3 Å². The Morgan fingerprint density at radius 3 is 2.04 bits per heavy atom. The van der Waals surface area contributed by atoms with E-state index >= 15 is 0 Å². The van der Waals surface area contributed by atoms with E-state index in [9.17, 15) is 13.6 Å². The molecule has 3 rings (SSSR count). The second kappa shape index (κ2) is 8.28. The molecule has 0 bridgehead atoms. The molecule has 0 saturated carbocycles. The van der Waals surface area contributed by atoms with Crippen LogP contribution < -0.4 is 4.74 Å². The molecule has 0 heterocycles. The fourth-order valence-corrected chi connectivity index (χ4v) is 2.68. The molecule has 28 heavy (non-hydrogen) atoms. The fraction of sp³-hybridized carbons (Fsp3) is 0.0435. The zero-order valence-electron chi connectivity index (χ0n) is 14.8. The van der Waals surface area contributed by atoms with Crippen molar-refractivity contribution in [3.05, 3.63) is 102 Å². The average molecular weight is 375 g/mol. The van der Waals surface area contributed by atoms with Gasteiger partial charge in [-0.3, -0.25) is 0 Å². The van der Waals surface area contributed by atoms with Crippen LogP contribution in [0.1, 0.15) is 21.5 Å². The maximum atomic E-state index is 13.6. The highest BCUT2D eigenvalue weighted by Crippen LogP contribution is 2.23. The maximum absolute atomic E-state index is 13.6. The largest absolute Gasteiger partial charge is 0.423 e. The van der Waals surface area contributed by atoms with Crippen LogP contribution in [0.15, 0.2) is 73.3 Å². The number of ether oxygens (including phenoxy) is 1. The van der Waals surface area contributed by atoms with Crippen LogP contribution in [0.4, 0.5) is 8.78 Å². The monoisotopic (exact) mass is 375 g/mol. The highest BCUT2D eigenvalue weighted by molar-refractivity contribution is 5.91. The number of carbonyl (C=O) groups excluding carboxylic acids is 1. The summed E-state index contributed by atoms with van der Waals surface area (Å²) in [6, 6.07) is 17.7. The number of benzene rings is 3. The van der Waals surface area contributed by atoms with Crippen LogP contribution in [0.25, 0.3) is 11.1 Å². The predicted octanol–water partition coefficient (Wildman–Crippen LogP) is 5.45. The Balaban J connectivity index is 1.75. The molecule has 0 N–H and O–H groups in total. The van der Waals surface area contributed by atoms with Crippen LogP contribution in [-0.2, 0) is 6.42 Å². The van der Waals surface area contributed by atoms with E-state index in [0.717, 1.165) is 35.2 Å². The van der Waals surface area contributed by atoms with Gasteiger partial charge in [-0.1, -0.05) is 42.5 Å². The topological polar surface area (TPSA) is 50.1 Å². The molecule has 0 radical (unpaired) electrons. The Morgan fingerprint density at radius 1 is 1.00 bits per heavy atom. The SMILES string of the molecule is C=CCc1ccc(-c2ccc(C(=O)Oc3cc(F)c(C#N)c(F)c3)cc2)cc1. The third-order valence-corrected chi connectivity index (χ3v) is 4.13. The molecule has 0 fully saturated rings. The van der Waals surface area contributed by atoms with Crippen molar-refractivity contribution in [2.75, 3.05) is 0 Å². The lowest BCUT2D eigenvalue weighted by Gasteiger charge is -2.07. The number of hydrogen-bond acceptors (Lipinski definition) is 3. The van der Waals surface area contributed by atoms with Gasteiger partial charge in [-0.25, -0.2) is 13.6 Å². The molecule has 3 nitrogen and oxygen atoms in total. The predicted molar refractivity (Wildman–Crippen MR) is 102 cm³/mol. The number of rotatable bonds is 5. The minimum Gasteiger partial charge on any atom is -0.423 e. The maximum Gasteiger partial charge on any atom is 0.343 e. The van der Waals surface area contributed by atoms with Crippen LogP contribution in [0, 0.1) is 23.0 Å². The molecule has 0 spiro atoms. The second-order valence-corrected chi connectivity index (χ2v) is 6.03. The molecule has 0 atom stereocenters. The smallest absolute Gasteiger partial charge is 0.343 e. The molecular weight excluding hydrogens is 360 g/mol. The van der Waals surface area contributed by atoms with Gasteiger partial charge in [0.25, 0.3) is 0 Å². The Kier molecular flexibility index (Phi) is 5.61. The number of carbonyl (C=O) groups is 1. The van der Waals surface area contributed by atoms with Crippen molar-refractivity contribution in [1.82, 2.24) is 0 Å². The van der Waals surface area contributed by atoms with Crippen molar-refractivity contribution in [2.24, 2.45) is 0 Å². The minimum absolute atomic E-state index is 0.234. The summed E-state index contributed by atoms with van der Waals surface area (Å²) in [6.07, 6.45) is 2.63. The van der Waals surface area contributed by atoms with E-state index in [1.807, 2.05) is 30.3 Å². The second-order valence-electron chi connectivity index (χ2n) is 6.03. The highest BCUT2D eigenvalue weighted by atomic mass is 19.1. The Hall–Kier alpha value is -3.78. The Morgan fingerprint density at radius 2 is 1.54 bits per heavy atom. The van der Waals surface area contributed by atoms with Gasteiger partial charge in [0.1, 0.15) is 29.0 Å². The van der Waals surface area contributed by atoms with Gasteiger partial charge in [0.15, 0.2) is 0 Å². The summed E-state index contributed by atoms with van der Waals surface area (Å²) in [6.45, 7) is 3.71. The first kappa shape index (κ1) is 19.0. The lowest BCUT2D eigenvalue weighted by Crippen LogP contribution is -2.09. The normalized spacial score (nSPS) is 10.2. The van der Waals surface area contributed by atoms with E-state index in [4.69, 9.17) is 10.00 Å². The van der Waals surface area contributed by atoms with Crippen LogP contribution in [-0.4, -0.2) is 5.97 Å². The summed E-state index contributed by atoms with van der Waals surface area (Å²) in [5.41, 5.74) is 2.57. The Labute approximate surface area is 161 Å².